The summed E-state index contributed by atoms with van der Waals surface area (Å²) in [5, 5.41) is 0.990. The molecule has 1 heterocycles. The maximum Gasteiger partial charge on any atom is 0.270 e. The topological polar surface area (TPSA) is 42.4 Å². The zero-order chi connectivity index (χ0) is 18.2. The van der Waals surface area contributed by atoms with E-state index in [9.17, 15) is 4.79 Å². The molecule has 1 aromatic heterocycles. The highest BCUT2D eigenvalue weighted by Gasteiger charge is 2.36. The average Bonchev–Trinajstić information content (AvgIpc) is 3.30. The molecule has 1 fully saturated rings. The van der Waals surface area contributed by atoms with Crippen LogP contribution < -0.4 is 9.64 Å². The molecule has 0 N–H and O–H groups in total. The van der Waals surface area contributed by atoms with Crippen LogP contribution in [0, 0.1) is 5.92 Å². The fourth-order valence-corrected chi connectivity index (χ4v) is 3.82. The van der Waals surface area contributed by atoms with E-state index in [-0.39, 0.29) is 17.4 Å². The van der Waals surface area contributed by atoms with Gasteiger partial charge in [-0.1, -0.05) is 20.8 Å². The number of thiazole rings is 1. The molecule has 0 spiro atoms. The predicted molar refractivity (Wildman–Crippen MR) is 103 cm³/mol. The van der Waals surface area contributed by atoms with Crippen LogP contribution in [0.1, 0.15) is 55.2 Å². The lowest BCUT2D eigenvalue weighted by Crippen LogP contribution is -2.39. The molecule has 1 amide bonds. The lowest BCUT2D eigenvalue weighted by Gasteiger charge is -2.29. The number of hydrogen-bond donors (Lipinski definition) is 0. The van der Waals surface area contributed by atoms with E-state index in [0.29, 0.717) is 10.8 Å². The highest BCUT2D eigenvalue weighted by atomic mass is 32.1. The Hall–Kier alpha value is -1.88. The summed E-state index contributed by atoms with van der Waals surface area (Å²) in [6.45, 7) is 8.50. The monoisotopic (exact) mass is 358 g/mol. The van der Waals surface area contributed by atoms with Gasteiger partial charge in [-0.3, -0.25) is 4.79 Å². The standard InChI is InChI=1S/C20H26N2O2S/c1-13(14-6-7-14)22(15-8-10-16(24-5)11-9-15)18(23)17-12-21-19(25-17)20(2,3)4/h8-14H,6-7H2,1-5H3/t13-/m1/s1. The Kier molecular flexibility index (Phi) is 4.87. The van der Waals surface area contributed by atoms with E-state index < -0.39 is 0 Å². The Morgan fingerprint density at radius 1 is 1.28 bits per heavy atom. The fourth-order valence-electron chi connectivity index (χ4n) is 2.91. The predicted octanol–water partition coefficient (Wildman–Crippen LogP) is 4.89. The molecular formula is C20H26N2O2S. The zero-order valence-electron chi connectivity index (χ0n) is 15.6. The summed E-state index contributed by atoms with van der Waals surface area (Å²) in [7, 11) is 1.65. The second-order valence-corrected chi connectivity index (χ2v) is 8.76. The van der Waals surface area contributed by atoms with Crippen molar-refractivity contribution in [3.05, 3.63) is 40.3 Å². The van der Waals surface area contributed by atoms with Gasteiger partial charge in [0.25, 0.3) is 5.91 Å². The van der Waals surface area contributed by atoms with Gasteiger partial charge < -0.3 is 9.64 Å². The largest absolute Gasteiger partial charge is 0.497 e. The minimum Gasteiger partial charge on any atom is -0.497 e. The van der Waals surface area contributed by atoms with Crippen molar-refractivity contribution in [1.29, 1.82) is 0 Å². The van der Waals surface area contributed by atoms with Crippen LogP contribution in [0.4, 0.5) is 5.69 Å². The molecule has 5 heteroatoms. The molecule has 1 atom stereocenters. The first-order valence-corrected chi connectivity index (χ1v) is 9.57. The van der Waals surface area contributed by atoms with Gasteiger partial charge >= 0.3 is 0 Å². The van der Waals surface area contributed by atoms with Crippen molar-refractivity contribution in [2.45, 2.75) is 52.0 Å². The van der Waals surface area contributed by atoms with Crippen LogP contribution in [-0.2, 0) is 5.41 Å². The summed E-state index contributed by atoms with van der Waals surface area (Å²) < 4.78 is 5.24. The number of aromatic nitrogens is 1. The molecule has 0 unspecified atom stereocenters. The number of anilines is 1. The van der Waals surface area contributed by atoms with E-state index in [0.717, 1.165) is 16.4 Å². The third-order valence-electron chi connectivity index (χ3n) is 4.64. The Morgan fingerprint density at radius 2 is 1.92 bits per heavy atom. The van der Waals surface area contributed by atoms with E-state index in [1.54, 1.807) is 13.3 Å². The molecule has 1 aliphatic carbocycles. The quantitative estimate of drug-likeness (QED) is 0.764. The van der Waals surface area contributed by atoms with Gasteiger partial charge in [-0.05, 0) is 49.9 Å². The maximum atomic E-state index is 13.3. The summed E-state index contributed by atoms with van der Waals surface area (Å²) in [6.07, 6.45) is 4.11. The van der Waals surface area contributed by atoms with Crippen LogP contribution in [0.15, 0.2) is 30.5 Å². The maximum absolute atomic E-state index is 13.3. The number of ether oxygens (including phenoxy) is 1. The number of rotatable bonds is 5. The van der Waals surface area contributed by atoms with Gasteiger partial charge in [-0.2, -0.15) is 0 Å². The van der Waals surface area contributed by atoms with Crippen molar-refractivity contribution in [2.24, 2.45) is 5.92 Å². The van der Waals surface area contributed by atoms with Crippen LogP contribution in [0.2, 0.25) is 0 Å². The van der Waals surface area contributed by atoms with Crippen LogP contribution in [-0.4, -0.2) is 24.0 Å². The molecule has 0 radical (unpaired) electrons. The van der Waals surface area contributed by atoms with E-state index in [1.807, 2.05) is 29.2 Å². The summed E-state index contributed by atoms with van der Waals surface area (Å²) in [4.78, 5) is 20.4. The minimum atomic E-state index is -0.0454. The van der Waals surface area contributed by atoms with Crippen LogP contribution in [0.25, 0.3) is 0 Å². The number of nitrogens with zero attached hydrogens (tertiary/aromatic N) is 2. The van der Waals surface area contributed by atoms with Gasteiger partial charge in [0.15, 0.2) is 0 Å². The van der Waals surface area contributed by atoms with Gasteiger partial charge in [-0.15, -0.1) is 11.3 Å². The molecule has 4 nitrogen and oxygen atoms in total. The number of amides is 1. The van der Waals surface area contributed by atoms with E-state index >= 15 is 0 Å². The normalized spacial score (nSPS) is 15.7. The Labute approximate surface area is 153 Å². The molecule has 1 saturated carbocycles. The molecule has 134 valence electrons. The Balaban J connectivity index is 1.93. The van der Waals surface area contributed by atoms with Gasteiger partial charge in [-0.25, -0.2) is 4.98 Å². The third kappa shape index (κ3) is 3.87. The second kappa shape index (κ2) is 6.79. The van der Waals surface area contributed by atoms with Crippen molar-refractivity contribution < 1.29 is 9.53 Å². The summed E-state index contributed by atoms with van der Waals surface area (Å²) >= 11 is 1.50. The Bertz CT molecular complexity index is 742. The first-order chi connectivity index (χ1) is 11.8. The molecule has 1 aromatic carbocycles. The number of methoxy groups -OCH3 is 1. The molecule has 25 heavy (non-hydrogen) atoms. The Morgan fingerprint density at radius 3 is 2.40 bits per heavy atom. The highest BCUT2D eigenvalue weighted by molar-refractivity contribution is 7.13. The van der Waals surface area contributed by atoms with Crippen molar-refractivity contribution >= 4 is 22.9 Å². The number of carbonyl (C=O) groups excluding carboxylic acids is 1. The van der Waals surface area contributed by atoms with Crippen molar-refractivity contribution in [2.75, 3.05) is 12.0 Å². The van der Waals surface area contributed by atoms with E-state index in [1.165, 1.54) is 24.2 Å². The summed E-state index contributed by atoms with van der Waals surface area (Å²) in [5.41, 5.74) is 0.867. The molecule has 3 rings (SSSR count). The van der Waals surface area contributed by atoms with Crippen LogP contribution in [0.3, 0.4) is 0 Å². The second-order valence-electron chi connectivity index (χ2n) is 7.73. The molecule has 2 aromatic rings. The van der Waals surface area contributed by atoms with Crippen LogP contribution >= 0.6 is 11.3 Å². The lowest BCUT2D eigenvalue weighted by molar-refractivity contribution is 0.0979. The van der Waals surface area contributed by atoms with Gasteiger partial charge in [0, 0.05) is 17.1 Å². The van der Waals surface area contributed by atoms with E-state index in [4.69, 9.17) is 4.74 Å². The molecule has 0 bridgehead atoms. The van der Waals surface area contributed by atoms with E-state index in [2.05, 4.69) is 32.7 Å². The number of benzene rings is 1. The fraction of sp³-hybridized carbons (Fsp3) is 0.500. The van der Waals surface area contributed by atoms with Crippen molar-refractivity contribution in [1.82, 2.24) is 4.98 Å². The molecular weight excluding hydrogens is 332 g/mol. The van der Waals surface area contributed by atoms with Crippen molar-refractivity contribution in [3.8, 4) is 5.75 Å². The first-order valence-electron chi connectivity index (χ1n) is 8.75. The van der Waals surface area contributed by atoms with Gasteiger partial charge in [0.05, 0.1) is 18.3 Å². The third-order valence-corrected chi connectivity index (χ3v) is 6.05. The van der Waals surface area contributed by atoms with Crippen LogP contribution in [0.5, 0.6) is 5.75 Å². The SMILES string of the molecule is COc1ccc(N(C(=O)c2cnc(C(C)(C)C)s2)[C@H](C)C2CC2)cc1. The number of hydrogen-bond acceptors (Lipinski definition) is 4. The minimum absolute atomic E-state index is 0.0394. The van der Waals surface area contributed by atoms with Crippen molar-refractivity contribution in [3.63, 3.8) is 0 Å². The average molecular weight is 359 g/mol. The number of carbonyl (C=O) groups is 1. The lowest BCUT2D eigenvalue weighted by atomic mass is 9.98. The summed E-state index contributed by atoms with van der Waals surface area (Å²) in [5.74, 6) is 1.42. The molecule has 0 aliphatic heterocycles. The first kappa shape index (κ1) is 17.9. The molecule has 1 aliphatic rings. The molecule has 0 saturated heterocycles. The van der Waals surface area contributed by atoms with Gasteiger partial charge in [0.2, 0.25) is 0 Å². The zero-order valence-corrected chi connectivity index (χ0v) is 16.4. The summed E-state index contributed by atoms with van der Waals surface area (Å²) in [6, 6.07) is 7.91. The van der Waals surface area contributed by atoms with Gasteiger partial charge in [0.1, 0.15) is 10.6 Å². The smallest absolute Gasteiger partial charge is 0.270 e. The highest BCUT2D eigenvalue weighted by Crippen LogP contribution is 2.38.